The van der Waals surface area contributed by atoms with Crippen molar-refractivity contribution in [3.63, 3.8) is 0 Å². The standard InChI is InChI=1S/C16H30N2O4SSi/c1-16(2,3)24(4,5)21-9-10-12(19)13(20)11-14(22-10)23-15(17-11)18-7-6-8-18/h10-14,19-20H,6-9H2,1-5H3/t10-,11-,12-,13-,14-/m1/s1. The first-order valence-corrected chi connectivity index (χ1v) is 12.5. The van der Waals surface area contributed by atoms with E-state index in [-0.39, 0.29) is 16.5 Å². The van der Waals surface area contributed by atoms with E-state index in [9.17, 15) is 10.2 Å². The SMILES string of the molecule is CC(C)(C)[Si](C)(C)OC[C@H]1O[C@@H]2SC(N3CCC3)=N[C@@H]2[C@@H](O)[C@@H]1O. The van der Waals surface area contributed by atoms with Gasteiger partial charge in [-0.2, -0.15) is 0 Å². The first-order chi connectivity index (χ1) is 11.1. The largest absolute Gasteiger partial charge is 0.414 e. The van der Waals surface area contributed by atoms with Crippen LogP contribution < -0.4 is 0 Å². The highest BCUT2D eigenvalue weighted by Gasteiger charge is 2.50. The van der Waals surface area contributed by atoms with Gasteiger partial charge in [0.15, 0.2) is 13.5 Å². The number of rotatable bonds is 3. The van der Waals surface area contributed by atoms with Gasteiger partial charge in [0.25, 0.3) is 0 Å². The van der Waals surface area contributed by atoms with Crippen LogP contribution in [-0.4, -0.2) is 78.1 Å². The molecule has 0 aliphatic carbocycles. The third-order valence-electron chi connectivity index (χ3n) is 5.69. The number of aliphatic imine (C=N–C) groups is 1. The van der Waals surface area contributed by atoms with Crippen molar-refractivity contribution in [1.82, 2.24) is 4.90 Å². The molecule has 0 radical (unpaired) electrons. The molecule has 2 fully saturated rings. The molecule has 3 aliphatic rings. The molecule has 2 N–H and O–H groups in total. The molecule has 0 aromatic carbocycles. The monoisotopic (exact) mass is 374 g/mol. The van der Waals surface area contributed by atoms with Crippen molar-refractivity contribution in [2.45, 2.75) is 75.1 Å². The molecule has 6 nitrogen and oxygen atoms in total. The summed E-state index contributed by atoms with van der Waals surface area (Å²) in [4.78, 5) is 6.79. The van der Waals surface area contributed by atoms with E-state index in [1.165, 1.54) is 6.42 Å². The van der Waals surface area contributed by atoms with Gasteiger partial charge in [0.05, 0.1) is 6.61 Å². The maximum absolute atomic E-state index is 10.5. The van der Waals surface area contributed by atoms with Crippen molar-refractivity contribution in [3.8, 4) is 0 Å². The molecule has 2 saturated heterocycles. The molecule has 0 unspecified atom stereocenters. The van der Waals surface area contributed by atoms with Gasteiger partial charge in [0.2, 0.25) is 0 Å². The number of nitrogens with zero attached hydrogens (tertiary/aromatic N) is 2. The van der Waals surface area contributed by atoms with Gasteiger partial charge in [-0.05, 0) is 24.6 Å². The average molecular weight is 375 g/mol. The number of aliphatic hydroxyl groups is 2. The van der Waals surface area contributed by atoms with Crippen LogP contribution in [0.25, 0.3) is 0 Å². The second-order valence-corrected chi connectivity index (χ2v) is 14.3. The van der Waals surface area contributed by atoms with Crippen LogP contribution in [0.15, 0.2) is 4.99 Å². The van der Waals surface area contributed by atoms with Crippen molar-refractivity contribution in [2.24, 2.45) is 4.99 Å². The molecule has 8 heteroatoms. The third-order valence-corrected chi connectivity index (χ3v) is 11.4. The molecule has 0 amide bonds. The van der Waals surface area contributed by atoms with Crippen LogP contribution >= 0.6 is 11.8 Å². The average Bonchev–Trinajstić information content (AvgIpc) is 2.81. The first kappa shape index (κ1) is 18.7. The molecular formula is C16H30N2O4SSi. The number of hydrogen-bond acceptors (Lipinski definition) is 7. The first-order valence-electron chi connectivity index (χ1n) is 8.75. The summed E-state index contributed by atoms with van der Waals surface area (Å²) in [5.41, 5.74) is -0.230. The fourth-order valence-electron chi connectivity index (χ4n) is 2.72. The lowest BCUT2D eigenvalue weighted by Gasteiger charge is -2.41. The van der Waals surface area contributed by atoms with Gasteiger partial charge < -0.3 is 24.3 Å². The van der Waals surface area contributed by atoms with Crippen LogP contribution in [0.2, 0.25) is 18.1 Å². The van der Waals surface area contributed by atoms with Crippen molar-refractivity contribution in [1.29, 1.82) is 0 Å². The maximum atomic E-state index is 10.5. The molecule has 0 spiro atoms. The zero-order chi connectivity index (χ0) is 17.7. The summed E-state index contributed by atoms with van der Waals surface area (Å²) in [6.45, 7) is 13.3. The van der Waals surface area contributed by atoms with Gasteiger partial charge in [0.1, 0.15) is 29.8 Å². The lowest BCUT2D eigenvalue weighted by molar-refractivity contribution is -0.162. The molecule has 5 atom stereocenters. The molecule has 0 aromatic rings. The Hall–Kier alpha value is -0.123. The molecule has 138 valence electrons. The normalized spacial score (nSPS) is 37.0. The third kappa shape index (κ3) is 3.41. The smallest absolute Gasteiger partial charge is 0.192 e. The van der Waals surface area contributed by atoms with Gasteiger partial charge in [-0.1, -0.05) is 32.5 Å². The molecular weight excluding hydrogens is 344 g/mol. The zero-order valence-electron chi connectivity index (χ0n) is 15.2. The Kier molecular flexibility index (Phi) is 5.10. The van der Waals surface area contributed by atoms with Gasteiger partial charge >= 0.3 is 0 Å². The van der Waals surface area contributed by atoms with Gasteiger partial charge in [0, 0.05) is 13.1 Å². The summed E-state index contributed by atoms with van der Waals surface area (Å²) in [5, 5.41) is 22.0. The van der Waals surface area contributed by atoms with Crippen molar-refractivity contribution >= 4 is 25.2 Å². The van der Waals surface area contributed by atoms with Crippen molar-refractivity contribution in [2.75, 3.05) is 19.7 Å². The summed E-state index contributed by atoms with van der Waals surface area (Å²) >= 11 is 1.57. The molecule has 0 aromatic heterocycles. The molecule has 3 rings (SSSR count). The highest BCUT2D eigenvalue weighted by Crippen LogP contribution is 2.40. The molecule has 0 bridgehead atoms. The summed E-state index contributed by atoms with van der Waals surface area (Å²) in [5.74, 6) is 0. The van der Waals surface area contributed by atoms with E-state index in [0.717, 1.165) is 18.3 Å². The van der Waals surface area contributed by atoms with E-state index >= 15 is 0 Å². The highest BCUT2D eigenvalue weighted by molar-refractivity contribution is 8.14. The van der Waals surface area contributed by atoms with E-state index in [0.29, 0.717) is 6.61 Å². The number of likely N-dealkylation sites (tertiary alicyclic amines) is 1. The maximum Gasteiger partial charge on any atom is 0.192 e. The lowest BCUT2D eigenvalue weighted by Crippen LogP contribution is -2.57. The second kappa shape index (κ2) is 6.55. The lowest BCUT2D eigenvalue weighted by atomic mass is 9.99. The van der Waals surface area contributed by atoms with Crippen molar-refractivity contribution < 1.29 is 19.4 Å². The minimum Gasteiger partial charge on any atom is -0.414 e. The number of aliphatic hydroxyl groups excluding tert-OH is 2. The van der Waals surface area contributed by atoms with E-state index in [1.807, 2.05) is 0 Å². The topological polar surface area (TPSA) is 74.5 Å². The number of ether oxygens (including phenoxy) is 1. The minimum absolute atomic E-state index is 0.101. The Morgan fingerprint density at radius 3 is 2.50 bits per heavy atom. The summed E-state index contributed by atoms with van der Waals surface area (Å²) in [7, 11) is -1.92. The van der Waals surface area contributed by atoms with Crippen LogP contribution in [0.1, 0.15) is 27.2 Å². The van der Waals surface area contributed by atoms with Crippen LogP contribution in [0.4, 0.5) is 0 Å². The molecule has 0 saturated carbocycles. The van der Waals surface area contributed by atoms with E-state index in [1.54, 1.807) is 11.8 Å². The van der Waals surface area contributed by atoms with Crippen LogP contribution in [0.3, 0.4) is 0 Å². The Balaban J connectivity index is 1.62. The van der Waals surface area contributed by atoms with Gasteiger partial charge in [-0.3, -0.25) is 4.99 Å². The molecule has 24 heavy (non-hydrogen) atoms. The van der Waals surface area contributed by atoms with E-state index in [4.69, 9.17) is 9.16 Å². The quantitative estimate of drug-likeness (QED) is 0.732. The fraction of sp³-hybridized carbons (Fsp3) is 0.938. The second-order valence-electron chi connectivity index (χ2n) is 8.46. The Labute approximate surface area is 149 Å². The summed E-state index contributed by atoms with van der Waals surface area (Å²) < 4.78 is 12.3. The van der Waals surface area contributed by atoms with Gasteiger partial charge in [-0.15, -0.1) is 0 Å². The number of amidine groups is 1. The number of fused-ring (bicyclic) bond motifs is 1. The van der Waals surface area contributed by atoms with E-state index in [2.05, 4.69) is 43.8 Å². The predicted octanol–water partition coefficient (Wildman–Crippen LogP) is 1.63. The number of hydrogen-bond donors (Lipinski definition) is 2. The van der Waals surface area contributed by atoms with Gasteiger partial charge in [-0.25, -0.2) is 0 Å². The van der Waals surface area contributed by atoms with Crippen molar-refractivity contribution in [3.05, 3.63) is 0 Å². The highest BCUT2D eigenvalue weighted by atomic mass is 32.2. The minimum atomic E-state index is -1.92. The summed E-state index contributed by atoms with van der Waals surface area (Å²) in [6.07, 6.45) is -1.18. The predicted molar refractivity (Wildman–Crippen MR) is 98.8 cm³/mol. The zero-order valence-corrected chi connectivity index (χ0v) is 17.0. The van der Waals surface area contributed by atoms with Crippen LogP contribution in [-0.2, 0) is 9.16 Å². The van der Waals surface area contributed by atoms with Crippen LogP contribution in [0.5, 0.6) is 0 Å². The Bertz CT molecular complexity index is 507. The van der Waals surface area contributed by atoms with Crippen LogP contribution in [0, 0.1) is 0 Å². The summed E-state index contributed by atoms with van der Waals surface area (Å²) in [6, 6.07) is -0.385. The molecule has 3 heterocycles. The number of thioether (sulfide) groups is 1. The van der Waals surface area contributed by atoms with E-state index < -0.39 is 26.6 Å². The fourth-order valence-corrected chi connectivity index (χ4v) is 5.02. The Morgan fingerprint density at radius 2 is 1.96 bits per heavy atom. The Morgan fingerprint density at radius 1 is 1.29 bits per heavy atom. The molecule has 3 aliphatic heterocycles.